The molecule has 2 heterocycles. The quantitative estimate of drug-likeness (QED) is 0.837. The molecule has 21 heavy (non-hydrogen) atoms. The summed E-state index contributed by atoms with van der Waals surface area (Å²) >= 11 is 0. The van der Waals surface area contributed by atoms with Crippen molar-refractivity contribution in [3.05, 3.63) is 11.9 Å². The molecule has 0 amide bonds. The first-order valence-corrected chi connectivity index (χ1v) is 8.12. The van der Waals surface area contributed by atoms with Gasteiger partial charge in [-0.25, -0.2) is 9.97 Å². The van der Waals surface area contributed by atoms with E-state index in [1.807, 2.05) is 0 Å². The maximum atomic E-state index is 5.18. The maximum Gasteiger partial charge on any atom is 0.158 e. The van der Waals surface area contributed by atoms with E-state index in [0.29, 0.717) is 6.61 Å². The Hall–Kier alpha value is -1.36. The molecule has 118 valence electrons. The Morgan fingerprint density at radius 2 is 2.05 bits per heavy atom. The molecule has 0 spiro atoms. The number of methoxy groups -OCH3 is 1. The highest BCUT2D eigenvalue weighted by atomic mass is 16.5. The zero-order chi connectivity index (χ0) is 15.1. The average Bonchev–Trinajstić information content (AvgIpc) is 2.49. The SMILES string of the molecule is CCCC1CCN(c2cc(NCC)nc(COC)n2)CC1. The van der Waals surface area contributed by atoms with E-state index in [-0.39, 0.29) is 0 Å². The lowest BCUT2D eigenvalue weighted by atomic mass is 9.92. The number of anilines is 2. The molecule has 0 atom stereocenters. The lowest BCUT2D eigenvalue weighted by Crippen LogP contribution is -2.34. The van der Waals surface area contributed by atoms with Crippen LogP contribution in [-0.4, -0.2) is 36.7 Å². The number of rotatable bonds is 7. The van der Waals surface area contributed by atoms with Gasteiger partial charge in [0.25, 0.3) is 0 Å². The fraction of sp³-hybridized carbons (Fsp3) is 0.750. The fourth-order valence-corrected chi connectivity index (χ4v) is 2.97. The van der Waals surface area contributed by atoms with Gasteiger partial charge >= 0.3 is 0 Å². The van der Waals surface area contributed by atoms with Gasteiger partial charge in [0.2, 0.25) is 0 Å². The van der Waals surface area contributed by atoms with Crippen molar-refractivity contribution < 1.29 is 4.74 Å². The van der Waals surface area contributed by atoms with Gasteiger partial charge in [-0.2, -0.15) is 0 Å². The van der Waals surface area contributed by atoms with Crippen molar-refractivity contribution in [3.63, 3.8) is 0 Å². The third-order valence-electron chi connectivity index (χ3n) is 4.03. The van der Waals surface area contributed by atoms with E-state index in [1.54, 1.807) is 7.11 Å². The van der Waals surface area contributed by atoms with E-state index in [9.17, 15) is 0 Å². The number of nitrogens with zero attached hydrogens (tertiary/aromatic N) is 3. The molecule has 5 nitrogen and oxygen atoms in total. The molecule has 1 aliphatic heterocycles. The van der Waals surface area contributed by atoms with Gasteiger partial charge in [0.05, 0.1) is 0 Å². The topological polar surface area (TPSA) is 50.3 Å². The van der Waals surface area contributed by atoms with Gasteiger partial charge in [-0.1, -0.05) is 19.8 Å². The van der Waals surface area contributed by atoms with Crippen molar-refractivity contribution in [2.75, 3.05) is 37.0 Å². The predicted molar refractivity (Wildman–Crippen MR) is 86.8 cm³/mol. The van der Waals surface area contributed by atoms with Crippen LogP contribution in [0.5, 0.6) is 0 Å². The Balaban J connectivity index is 2.07. The Morgan fingerprint density at radius 1 is 1.29 bits per heavy atom. The molecule has 0 aromatic carbocycles. The zero-order valence-electron chi connectivity index (χ0n) is 13.6. The lowest BCUT2D eigenvalue weighted by molar-refractivity contribution is 0.178. The van der Waals surface area contributed by atoms with Gasteiger partial charge < -0.3 is 15.0 Å². The molecular weight excluding hydrogens is 264 g/mol. The number of hydrogen-bond donors (Lipinski definition) is 1. The monoisotopic (exact) mass is 292 g/mol. The van der Waals surface area contributed by atoms with Crippen LogP contribution >= 0.6 is 0 Å². The Morgan fingerprint density at radius 3 is 2.67 bits per heavy atom. The minimum atomic E-state index is 0.457. The summed E-state index contributed by atoms with van der Waals surface area (Å²) in [5.41, 5.74) is 0. The van der Waals surface area contributed by atoms with E-state index < -0.39 is 0 Å². The van der Waals surface area contributed by atoms with E-state index in [4.69, 9.17) is 4.74 Å². The molecule has 1 N–H and O–H groups in total. The summed E-state index contributed by atoms with van der Waals surface area (Å²) in [4.78, 5) is 11.5. The number of nitrogens with one attached hydrogen (secondary N) is 1. The average molecular weight is 292 g/mol. The van der Waals surface area contributed by atoms with Gasteiger partial charge in [-0.3, -0.25) is 0 Å². The molecule has 0 aliphatic carbocycles. The van der Waals surface area contributed by atoms with E-state index in [2.05, 4.69) is 40.1 Å². The van der Waals surface area contributed by atoms with Crippen LogP contribution in [0.25, 0.3) is 0 Å². The molecular formula is C16H28N4O. The summed E-state index contributed by atoms with van der Waals surface area (Å²) in [7, 11) is 1.68. The van der Waals surface area contributed by atoms with Crippen LogP contribution in [0.1, 0.15) is 45.4 Å². The molecule has 5 heteroatoms. The van der Waals surface area contributed by atoms with Crippen LogP contribution in [0.2, 0.25) is 0 Å². The van der Waals surface area contributed by atoms with E-state index in [1.165, 1.54) is 25.7 Å². The summed E-state index contributed by atoms with van der Waals surface area (Å²) in [5, 5.41) is 3.28. The number of hydrogen-bond acceptors (Lipinski definition) is 5. The first kappa shape index (κ1) is 16.0. The lowest BCUT2D eigenvalue weighted by Gasteiger charge is -2.33. The minimum Gasteiger partial charge on any atom is -0.377 e. The van der Waals surface area contributed by atoms with Gasteiger partial charge in [0, 0.05) is 32.8 Å². The molecule has 0 saturated carbocycles. The standard InChI is InChI=1S/C16H28N4O/c1-4-6-13-7-9-20(10-8-13)16-11-14(17-5-2)18-15(19-16)12-21-3/h11,13H,4-10,12H2,1-3H3,(H,17,18,19). The summed E-state index contributed by atoms with van der Waals surface area (Å²) in [6.07, 6.45) is 5.19. The van der Waals surface area contributed by atoms with E-state index >= 15 is 0 Å². The minimum absolute atomic E-state index is 0.457. The van der Waals surface area contributed by atoms with Gasteiger partial charge in [-0.05, 0) is 25.7 Å². The van der Waals surface area contributed by atoms with Gasteiger partial charge in [0.15, 0.2) is 5.82 Å². The highest BCUT2D eigenvalue weighted by molar-refractivity contribution is 5.49. The van der Waals surface area contributed by atoms with Crippen LogP contribution in [0.3, 0.4) is 0 Å². The number of piperidine rings is 1. The van der Waals surface area contributed by atoms with Crippen molar-refractivity contribution in [3.8, 4) is 0 Å². The smallest absolute Gasteiger partial charge is 0.158 e. The molecule has 1 aliphatic rings. The second kappa shape index (κ2) is 8.17. The second-order valence-electron chi connectivity index (χ2n) is 5.71. The zero-order valence-corrected chi connectivity index (χ0v) is 13.6. The van der Waals surface area contributed by atoms with Crippen molar-refractivity contribution in [1.82, 2.24) is 9.97 Å². The summed E-state index contributed by atoms with van der Waals surface area (Å²) < 4.78 is 5.18. The number of ether oxygens (including phenoxy) is 1. The second-order valence-corrected chi connectivity index (χ2v) is 5.71. The van der Waals surface area contributed by atoms with Crippen molar-refractivity contribution in [2.24, 2.45) is 5.92 Å². The third kappa shape index (κ3) is 4.56. The Kier molecular flexibility index (Phi) is 6.23. The van der Waals surface area contributed by atoms with Crippen LogP contribution in [0, 0.1) is 5.92 Å². The Bertz CT molecular complexity index is 406. The number of aromatic nitrogens is 2. The molecule has 1 saturated heterocycles. The summed E-state index contributed by atoms with van der Waals surface area (Å²) in [6.45, 7) is 7.86. The van der Waals surface area contributed by atoms with Crippen LogP contribution in [0.4, 0.5) is 11.6 Å². The van der Waals surface area contributed by atoms with E-state index in [0.717, 1.165) is 43.0 Å². The van der Waals surface area contributed by atoms with Crippen molar-refractivity contribution in [1.29, 1.82) is 0 Å². The summed E-state index contributed by atoms with van der Waals surface area (Å²) in [6, 6.07) is 2.06. The molecule has 1 fully saturated rings. The van der Waals surface area contributed by atoms with Gasteiger partial charge in [0.1, 0.15) is 18.2 Å². The van der Waals surface area contributed by atoms with Crippen molar-refractivity contribution in [2.45, 2.75) is 46.1 Å². The normalized spacial score (nSPS) is 16.2. The first-order valence-electron chi connectivity index (χ1n) is 8.12. The molecule has 2 rings (SSSR count). The molecule has 0 bridgehead atoms. The molecule has 1 aromatic rings. The highest BCUT2D eigenvalue weighted by Crippen LogP contribution is 2.26. The van der Waals surface area contributed by atoms with Gasteiger partial charge in [-0.15, -0.1) is 0 Å². The fourth-order valence-electron chi connectivity index (χ4n) is 2.97. The van der Waals surface area contributed by atoms with Crippen LogP contribution in [-0.2, 0) is 11.3 Å². The molecule has 1 aromatic heterocycles. The largest absolute Gasteiger partial charge is 0.377 e. The maximum absolute atomic E-state index is 5.18. The summed E-state index contributed by atoms with van der Waals surface area (Å²) in [5.74, 6) is 3.56. The third-order valence-corrected chi connectivity index (χ3v) is 4.03. The highest BCUT2D eigenvalue weighted by Gasteiger charge is 2.20. The van der Waals surface area contributed by atoms with Crippen LogP contribution in [0.15, 0.2) is 6.07 Å². The molecule has 0 unspecified atom stereocenters. The van der Waals surface area contributed by atoms with Crippen molar-refractivity contribution >= 4 is 11.6 Å². The predicted octanol–water partition coefficient (Wildman–Crippen LogP) is 3.07. The Labute approximate surface area is 128 Å². The molecule has 0 radical (unpaired) electrons. The first-order chi connectivity index (χ1) is 10.3. The van der Waals surface area contributed by atoms with Crippen LogP contribution < -0.4 is 10.2 Å².